The van der Waals surface area contributed by atoms with E-state index in [1.807, 2.05) is 30.3 Å². The maximum absolute atomic E-state index is 12.7. The molecular weight excluding hydrogens is 314 g/mol. The van der Waals surface area contributed by atoms with Crippen LogP contribution in [0.2, 0.25) is 0 Å². The number of hydrogen-bond donors (Lipinski definition) is 1. The summed E-state index contributed by atoms with van der Waals surface area (Å²) >= 11 is 0. The molecule has 3 N–H and O–H groups in total. The first-order valence-corrected chi connectivity index (χ1v) is 7.99. The average Bonchev–Trinajstić information content (AvgIpc) is 2.65. The molecule has 3 aromatic carbocycles. The SMILES string of the molecule is [NH3+]c1ccc(OCc2ccc3c(c2)C(=O)c2ccccc2C3=O)cc1. The summed E-state index contributed by atoms with van der Waals surface area (Å²) in [6, 6.07) is 19.7. The van der Waals surface area contributed by atoms with Crippen LogP contribution < -0.4 is 10.5 Å². The molecule has 0 unspecified atom stereocenters. The number of benzene rings is 3. The number of ether oxygens (including phenoxy) is 1. The summed E-state index contributed by atoms with van der Waals surface area (Å²) in [4.78, 5) is 25.3. The second-order valence-electron chi connectivity index (χ2n) is 6.02. The smallest absolute Gasteiger partial charge is 0.194 e. The zero-order valence-corrected chi connectivity index (χ0v) is 13.5. The summed E-state index contributed by atoms with van der Waals surface area (Å²) in [5.74, 6) is 0.509. The van der Waals surface area contributed by atoms with Gasteiger partial charge in [0.05, 0.1) is 0 Å². The van der Waals surface area contributed by atoms with E-state index in [-0.39, 0.29) is 11.6 Å². The summed E-state index contributed by atoms with van der Waals surface area (Å²) in [7, 11) is 0. The van der Waals surface area contributed by atoms with Gasteiger partial charge in [0.1, 0.15) is 18.0 Å². The lowest BCUT2D eigenvalue weighted by atomic mass is 9.83. The van der Waals surface area contributed by atoms with Crippen LogP contribution in [0, 0.1) is 0 Å². The Morgan fingerprint density at radius 1 is 0.720 bits per heavy atom. The predicted molar refractivity (Wildman–Crippen MR) is 93.1 cm³/mol. The van der Waals surface area contributed by atoms with Crippen LogP contribution in [0.1, 0.15) is 37.4 Å². The van der Waals surface area contributed by atoms with Crippen molar-refractivity contribution in [1.82, 2.24) is 0 Å². The molecule has 3 aromatic rings. The molecule has 0 aromatic heterocycles. The molecule has 0 bridgehead atoms. The van der Waals surface area contributed by atoms with Crippen molar-refractivity contribution in [3.05, 3.63) is 94.5 Å². The Kier molecular flexibility index (Phi) is 3.67. The van der Waals surface area contributed by atoms with Crippen molar-refractivity contribution in [3.8, 4) is 5.75 Å². The Morgan fingerprint density at radius 2 is 1.32 bits per heavy atom. The quantitative estimate of drug-likeness (QED) is 0.628. The lowest BCUT2D eigenvalue weighted by Crippen LogP contribution is -2.39. The fraction of sp³-hybridized carbons (Fsp3) is 0.0476. The topological polar surface area (TPSA) is 71.0 Å². The summed E-state index contributed by atoms with van der Waals surface area (Å²) < 4.78 is 5.75. The van der Waals surface area contributed by atoms with Crippen molar-refractivity contribution in [1.29, 1.82) is 0 Å². The van der Waals surface area contributed by atoms with E-state index < -0.39 is 0 Å². The van der Waals surface area contributed by atoms with Crippen molar-refractivity contribution in [2.24, 2.45) is 0 Å². The maximum atomic E-state index is 12.7. The van der Waals surface area contributed by atoms with E-state index >= 15 is 0 Å². The van der Waals surface area contributed by atoms with Gasteiger partial charge in [0.25, 0.3) is 0 Å². The lowest BCUT2D eigenvalue weighted by Gasteiger charge is -2.18. The summed E-state index contributed by atoms with van der Waals surface area (Å²) in [6.07, 6.45) is 0. The lowest BCUT2D eigenvalue weighted by molar-refractivity contribution is -0.254. The molecule has 0 spiro atoms. The van der Waals surface area contributed by atoms with Crippen LogP contribution in [-0.2, 0) is 6.61 Å². The number of ketones is 2. The van der Waals surface area contributed by atoms with E-state index in [2.05, 4.69) is 5.73 Å². The summed E-state index contributed by atoms with van der Waals surface area (Å²) in [6.45, 7) is 0.326. The first-order chi connectivity index (χ1) is 12.1. The third-order valence-corrected chi connectivity index (χ3v) is 4.32. The number of fused-ring (bicyclic) bond motifs is 2. The Bertz CT molecular complexity index is 990. The minimum absolute atomic E-state index is 0.108. The molecule has 0 radical (unpaired) electrons. The zero-order valence-electron chi connectivity index (χ0n) is 13.5. The molecule has 4 heteroatoms. The van der Waals surface area contributed by atoms with Crippen LogP contribution >= 0.6 is 0 Å². The predicted octanol–water partition coefficient (Wildman–Crippen LogP) is 2.91. The maximum Gasteiger partial charge on any atom is 0.194 e. The highest BCUT2D eigenvalue weighted by Crippen LogP contribution is 2.28. The van der Waals surface area contributed by atoms with E-state index in [0.717, 1.165) is 17.0 Å². The van der Waals surface area contributed by atoms with E-state index in [1.165, 1.54) is 0 Å². The summed E-state index contributed by atoms with van der Waals surface area (Å²) in [5, 5.41) is 0. The van der Waals surface area contributed by atoms with Gasteiger partial charge < -0.3 is 10.5 Å². The van der Waals surface area contributed by atoms with Crippen molar-refractivity contribution in [2.75, 3.05) is 0 Å². The highest BCUT2D eigenvalue weighted by atomic mass is 16.5. The molecule has 0 fully saturated rings. The second kappa shape index (κ2) is 6.00. The van der Waals surface area contributed by atoms with Gasteiger partial charge in [-0.15, -0.1) is 0 Å². The molecule has 4 nitrogen and oxygen atoms in total. The van der Waals surface area contributed by atoms with Crippen LogP contribution in [0.5, 0.6) is 5.75 Å². The fourth-order valence-corrected chi connectivity index (χ4v) is 2.99. The van der Waals surface area contributed by atoms with Gasteiger partial charge in [-0.05, 0) is 29.8 Å². The van der Waals surface area contributed by atoms with Gasteiger partial charge in [-0.3, -0.25) is 9.59 Å². The van der Waals surface area contributed by atoms with Gasteiger partial charge in [-0.25, -0.2) is 0 Å². The third-order valence-electron chi connectivity index (χ3n) is 4.32. The van der Waals surface area contributed by atoms with Gasteiger partial charge in [0.15, 0.2) is 11.6 Å². The monoisotopic (exact) mass is 330 g/mol. The molecule has 0 saturated heterocycles. The Labute approximate surface area is 144 Å². The van der Waals surface area contributed by atoms with Crippen LogP contribution in [0.4, 0.5) is 5.69 Å². The normalized spacial score (nSPS) is 12.5. The Balaban J connectivity index is 1.62. The number of carbonyl (C=O) groups is 2. The largest absolute Gasteiger partial charge is 0.489 e. The molecule has 122 valence electrons. The first kappa shape index (κ1) is 15.3. The highest BCUT2D eigenvalue weighted by molar-refractivity contribution is 6.28. The van der Waals surface area contributed by atoms with Gasteiger partial charge in [-0.2, -0.15) is 0 Å². The minimum atomic E-state index is -0.117. The van der Waals surface area contributed by atoms with E-state index in [0.29, 0.717) is 28.9 Å². The fourth-order valence-electron chi connectivity index (χ4n) is 2.99. The van der Waals surface area contributed by atoms with Crippen molar-refractivity contribution >= 4 is 17.3 Å². The molecule has 0 amide bonds. The molecular formula is C21H16NO3+. The second-order valence-corrected chi connectivity index (χ2v) is 6.02. The van der Waals surface area contributed by atoms with Crippen molar-refractivity contribution in [2.45, 2.75) is 6.61 Å². The minimum Gasteiger partial charge on any atom is -0.489 e. The molecule has 0 atom stereocenters. The zero-order chi connectivity index (χ0) is 17.4. The van der Waals surface area contributed by atoms with Gasteiger partial charge in [0.2, 0.25) is 0 Å². The molecule has 1 aliphatic carbocycles. The molecule has 1 aliphatic rings. The van der Waals surface area contributed by atoms with Crippen molar-refractivity contribution in [3.63, 3.8) is 0 Å². The van der Waals surface area contributed by atoms with Crippen LogP contribution in [-0.4, -0.2) is 11.6 Å². The van der Waals surface area contributed by atoms with E-state index in [4.69, 9.17) is 4.74 Å². The Hall–Kier alpha value is -3.24. The van der Waals surface area contributed by atoms with E-state index in [9.17, 15) is 9.59 Å². The average molecular weight is 330 g/mol. The molecule has 0 aliphatic heterocycles. The molecule has 0 heterocycles. The number of carbonyl (C=O) groups excluding carboxylic acids is 2. The van der Waals surface area contributed by atoms with Crippen LogP contribution in [0.25, 0.3) is 0 Å². The van der Waals surface area contributed by atoms with Crippen LogP contribution in [0.3, 0.4) is 0 Å². The number of rotatable bonds is 3. The molecule has 25 heavy (non-hydrogen) atoms. The third kappa shape index (κ3) is 2.73. The number of hydrogen-bond acceptors (Lipinski definition) is 3. The van der Waals surface area contributed by atoms with Crippen molar-refractivity contribution < 1.29 is 20.1 Å². The highest BCUT2D eigenvalue weighted by Gasteiger charge is 2.29. The van der Waals surface area contributed by atoms with Crippen LogP contribution in [0.15, 0.2) is 66.7 Å². The summed E-state index contributed by atoms with van der Waals surface area (Å²) in [5.41, 5.74) is 7.43. The Morgan fingerprint density at radius 3 is 2.00 bits per heavy atom. The molecule has 0 saturated carbocycles. The first-order valence-electron chi connectivity index (χ1n) is 7.99. The van der Waals surface area contributed by atoms with Gasteiger partial charge in [-0.1, -0.05) is 30.3 Å². The molecule has 4 rings (SSSR count). The number of quaternary nitrogens is 1. The van der Waals surface area contributed by atoms with E-state index in [1.54, 1.807) is 36.4 Å². The standard InChI is InChI=1S/C21H15NO3/c22-14-6-8-15(9-7-14)25-12-13-5-10-18-19(11-13)21(24)17-4-2-1-3-16(17)20(18)23/h1-11H,12,22H2/p+1. The van der Waals surface area contributed by atoms with Gasteiger partial charge in [0, 0.05) is 34.4 Å². The van der Waals surface area contributed by atoms with Gasteiger partial charge >= 0.3 is 0 Å².